The molecule has 0 aromatic heterocycles. The largest absolute Gasteiger partial charge is 0.573 e. The molecule has 184 valence electrons. The number of carbonyl (C=O) groups is 2. The summed E-state index contributed by atoms with van der Waals surface area (Å²) in [4.78, 5) is 31.6. The first kappa shape index (κ1) is 25.5. The molecular weight excluding hydrogens is 559 g/mol. The number of carbonyl (C=O) groups excluding carboxylic acids is 2. The molecule has 11 heteroatoms. The molecule has 0 radical (unpaired) electrons. The van der Waals surface area contributed by atoms with Crippen LogP contribution < -0.4 is 15.0 Å². The maximum Gasteiger partial charge on any atom is 0.573 e. The van der Waals surface area contributed by atoms with Gasteiger partial charge in [-0.15, -0.1) is 13.2 Å². The number of halogens is 4. The van der Waals surface area contributed by atoms with Gasteiger partial charge in [0.1, 0.15) is 5.70 Å². The van der Waals surface area contributed by atoms with Gasteiger partial charge in [0.15, 0.2) is 10.9 Å². The molecule has 1 aliphatic heterocycles. The number of nitrogens with zero attached hydrogens (tertiary/aromatic N) is 2. The molecule has 1 aliphatic rings. The van der Waals surface area contributed by atoms with E-state index in [2.05, 4.69) is 31.0 Å². The summed E-state index contributed by atoms with van der Waals surface area (Å²) in [5.41, 5.74) is 1.40. The van der Waals surface area contributed by atoms with Gasteiger partial charge >= 0.3 is 6.36 Å². The van der Waals surface area contributed by atoms with Crippen LogP contribution in [0.3, 0.4) is 0 Å². The molecule has 0 atom stereocenters. The lowest BCUT2D eigenvalue weighted by Gasteiger charge is -2.18. The van der Waals surface area contributed by atoms with Crippen LogP contribution in [-0.2, 0) is 9.59 Å². The fraction of sp³-hybridized carbons (Fsp3) is 0.0800. The topological polar surface area (TPSA) is 71.0 Å². The van der Waals surface area contributed by atoms with Crippen molar-refractivity contribution in [3.8, 4) is 5.75 Å². The van der Waals surface area contributed by atoms with Gasteiger partial charge in [-0.25, -0.2) is 4.99 Å². The Morgan fingerprint density at radius 1 is 1.03 bits per heavy atom. The fourth-order valence-corrected chi connectivity index (χ4v) is 4.29. The number of anilines is 2. The number of hydrogen-bond donors (Lipinski definition) is 1. The maximum atomic E-state index is 13.2. The van der Waals surface area contributed by atoms with Gasteiger partial charge in [-0.2, -0.15) is 0 Å². The molecular formula is C25H17BrF3N3O3S. The van der Waals surface area contributed by atoms with Crippen LogP contribution in [0.1, 0.15) is 5.56 Å². The van der Waals surface area contributed by atoms with Crippen molar-refractivity contribution in [3.63, 3.8) is 0 Å². The highest BCUT2D eigenvalue weighted by Gasteiger charge is 2.33. The quantitative estimate of drug-likeness (QED) is 0.342. The molecule has 3 aromatic carbocycles. The number of benzene rings is 3. The fourth-order valence-electron chi connectivity index (χ4n) is 3.21. The van der Waals surface area contributed by atoms with Gasteiger partial charge in [0.2, 0.25) is 5.91 Å². The number of amidine groups is 1. The Morgan fingerprint density at radius 2 is 1.69 bits per heavy atom. The average molecular weight is 576 g/mol. The summed E-state index contributed by atoms with van der Waals surface area (Å²) in [6.45, 7) is 0. The van der Waals surface area contributed by atoms with E-state index in [0.717, 1.165) is 27.9 Å². The minimum Gasteiger partial charge on any atom is -0.404 e. The Kier molecular flexibility index (Phi) is 7.80. The van der Waals surface area contributed by atoms with Crippen molar-refractivity contribution >= 4 is 62.1 Å². The third-order valence-electron chi connectivity index (χ3n) is 4.74. The van der Waals surface area contributed by atoms with Crippen molar-refractivity contribution < 1.29 is 27.5 Å². The highest BCUT2D eigenvalue weighted by atomic mass is 79.9. The Labute approximate surface area is 217 Å². The minimum atomic E-state index is -4.90. The summed E-state index contributed by atoms with van der Waals surface area (Å²) in [5.74, 6) is -1.69. The second-order valence-electron chi connectivity index (χ2n) is 7.33. The number of alkyl halides is 3. The van der Waals surface area contributed by atoms with E-state index in [4.69, 9.17) is 0 Å². The number of aliphatic imine (C=N–C) groups is 1. The summed E-state index contributed by atoms with van der Waals surface area (Å²) >= 11 is 4.35. The van der Waals surface area contributed by atoms with Gasteiger partial charge in [-0.3, -0.25) is 14.5 Å². The average Bonchev–Trinajstić information content (AvgIpc) is 3.15. The Balaban J connectivity index is 1.53. The second-order valence-corrected chi connectivity index (χ2v) is 9.19. The van der Waals surface area contributed by atoms with Gasteiger partial charge < -0.3 is 10.1 Å². The lowest BCUT2D eigenvalue weighted by atomic mass is 10.2. The van der Waals surface area contributed by atoms with Gasteiger partial charge in [0.05, 0.1) is 17.1 Å². The summed E-state index contributed by atoms with van der Waals surface area (Å²) in [5, 5.41) is 2.69. The normalized spacial score (nSPS) is 14.7. The molecule has 36 heavy (non-hydrogen) atoms. The van der Waals surface area contributed by atoms with Crippen molar-refractivity contribution in [1.29, 1.82) is 0 Å². The lowest BCUT2D eigenvalue weighted by Crippen LogP contribution is -2.31. The van der Waals surface area contributed by atoms with Crippen LogP contribution in [0.15, 0.2) is 94.0 Å². The predicted molar refractivity (Wildman–Crippen MR) is 138 cm³/mol. The van der Waals surface area contributed by atoms with Gasteiger partial charge in [-0.1, -0.05) is 70.2 Å². The molecule has 0 aliphatic carbocycles. The predicted octanol–water partition coefficient (Wildman–Crippen LogP) is 6.46. The van der Waals surface area contributed by atoms with Crippen LogP contribution in [0.5, 0.6) is 5.75 Å². The first-order chi connectivity index (χ1) is 17.2. The zero-order valence-electron chi connectivity index (χ0n) is 18.3. The molecule has 6 nitrogen and oxygen atoms in total. The van der Waals surface area contributed by atoms with Crippen molar-refractivity contribution in [2.75, 3.05) is 16.0 Å². The monoisotopic (exact) mass is 575 g/mol. The van der Waals surface area contributed by atoms with Gasteiger partial charge in [0.25, 0.3) is 5.91 Å². The molecule has 0 unspecified atom stereocenters. The number of rotatable bonds is 6. The van der Waals surface area contributed by atoms with E-state index in [9.17, 15) is 22.8 Å². The number of thioether (sulfide) groups is 1. The van der Waals surface area contributed by atoms with E-state index >= 15 is 0 Å². The van der Waals surface area contributed by atoms with Crippen LogP contribution in [0, 0.1) is 0 Å². The zero-order chi connectivity index (χ0) is 25.7. The van der Waals surface area contributed by atoms with Crippen molar-refractivity contribution in [3.05, 3.63) is 94.6 Å². The summed E-state index contributed by atoms with van der Waals surface area (Å²) in [6.07, 6.45) is -3.26. The first-order valence-corrected chi connectivity index (χ1v) is 12.2. The third-order valence-corrected chi connectivity index (χ3v) is 6.20. The lowest BCUT2D eigenvalue weighted by molar-refractivity contribution is -0.274. The number of para-hydroxylation sites is 3. The maximum absolute atomic E-state index is 13.2. The Morgan fingerprint density at radius 3 is 2.39 bits per heavy atom. The van der Waals surface area contributed by atoms with E-state index in [1.165, 1.54) is 23.1 Å². The van der Waals surface area contributed by atoms with Crippen LogP contribution in [0.25, 0.3) is 6.08 Å². The van der Waals surface area contributed by atoms with Gasteiger partial charge in [-0.05, 0) is 48.0 Å². The molecule has 0 saturated heterocycles. The highest BCUT2D eigenvalue weighted by Crippen LogP contribution is 2.32. The molecule has 1 heterocycles. The smallest absolute Gasteiger partial charge is 0.404 e. The first-order valence-electron chi connectivity index (χ1n) is 10.4. The van der Waals surface area contributed by atoms with E-state index < -0.39 is 18.0 Å². The molecule has 0 bridgehead atoms. The second kappa shape index (κ2) is 11.0. The van der Waals surface area contributed by atoms with Crippen molar-refractivity contribution in [2.24, 2.45) is 4.99 Å². The number of nitrogens with one attached hydrogen (secondary N) is 1. The highest BCUT2D eigenvalue weighted by molar-refractivity contribution is 9.10. The molecule has 2 amide bonds. The number of ether oxygens (including phenoxy) is 1. The van der Waals surface area contributed by atoms with Crippen LogP contribution in [0.2, 0.25) is 0 Å². The number of amides is 2. The summed E-state index contributed by atoms with van der Waals surface area (Å²) < 4.78 is 42.9. The van der Waals surface area contributed by atoms with Crippen molar-refractivity contribution in [2.45, 2.75) is 6.36 Å². The molecule has 0 spiro atoms. The third kappa shape index (κ3) is 6.55. The molecule has 4 rings (SSSR count). The molecule has 0 fully saturated rings. The van der Waals surface area contributed by atoms with Gasteiger partial charge in [0, 0.05) is 4.47 Å². The molecule has 3 aromatic rings. The summed E-state index contributed by atoms with van der Waals surface area (Å²) in [6, 6.07) is 21.4. The van der Waals surface area contributed by atoms with Crippen LogP contribution >= 0.6 is 27.7 Å². The number of hydrogen-bond acceptors (Lipinski definition) is 5. The van der Waals surface area contributed by atoms with E-state index in [1.807, 2.05) is 24.3 Å². The SMILES string of the molecule is O=C(CSC1=N/C(=C\c2ccc(Br)cc2)C(=O)N1c1ccccc1)Nc1ccccc1OC(F)(F)F. The Hall–Kier alpha value is -3.57. The van der Waals surface area contributed by atoms with E-state index in [0.29, 0.717) is 5.69 Å². The van der Waals surface area contributed by atoms with Crippen molar-refractivity contribution in [1.82, 2.24) is 0 Å². The molecule has 0 saturated carbocycles. The Bertz CT molecular complexity index is 1330. The van der Waals surface area contributed by atoms with Crippen LogP contribution in [-0.4, -0.2) is 29.1 Å². The summed E-state index contributed by atoms with van der Waals surface area (Å²) in [7, 11) is 0. The molecule has 1 N–H and O–H groups in total. The van der Waals surface area contributed by atoms with E-state index in [1.54, 1.807) is 36.4 Å². The van der Waals surface area contributed by atoms with Crippen LogP contribution in [0.4, 0.5) is 24.5 Å². The minimum absolute atomic E-state index is 0.124. The van der Waals surface area contributed by atoms with E-state index in [-0.39, 0.29) is 28.2 Å². The standard InChI is InChI=1S/C25H17BrF3N3O3S/c26-17-12-10-16(11-13-17)14-20-23(34)32(18-6-2-1-3-7-18)24(31-20)36-15-22(33)30-19-8-4-5-9-21(19)35-25(27,28)29/h1-14H,15H2,(H,30,33)/b20-14-. The zero-order valence-corrected chi connectivity index (χ0v) is 20.7.